The molecule has 10 heteroatoms. The second-order valence-corrected chi connectivity index (χ2v) is 10.0. The number of ether oxygens (including phenoxy) is 2. The van der Waals surface area contributed by atoms with Gasteiger partial charge in [-0.3, -0.25) is 0 Å². The molecule has 3 rings (SSSR count). The summed E-state index contributed by atoms with van der Waals surface area (Å²) in [5, 5.41) is 8.78. The number of hydrogen-bond donors (Lipinski definition) is 2. The number of halogens is 3. The van der Waals surface area contributed by atoms with E-state index in [-0.39, 0.29) is 16.5 Å². The van der Waals surface area contributed by atoms with Crippen molar-refractivity contribution in [2.45, 2.75) is 24.5 Å². The lowest BCUT2D eigenvalue weighted by atomic mass is 10.1. The third-order valence-electron chi connectivity index (χ3n) is 4.92. The number of sulfonamides is 1. The second kappa shape index (κ2) is 11.3. The summed E-state index contributed by atoms with van der Waals surface area (Å²) in [5.41, 5.74) is 2.49. The van der Waals surface area contributed by atoms with Crippen LogP contribution in [0.25, 0.3) is 0 Å². The van der Waals surface area contributed by atoms with E-state index >= 15 is 0 Å². The summed E-state index contributed by atoms with van der Waals surface area (Å²) in [6.45, 7) is 1.27. The predicted octanol–water partition coefficient (Wildman–Crippen LogP) is 4.81. The van der Waals surface area contributed by atoms with Gasteiger partial charge >= 0.3 is 0 Å². The van der Waals surface area contributed by atoms with Crippen molar-refractivity contribution >= 4 is 37.6 Å². The van der Waals surface area contributed by atoms with E-state index in [0.717, 1.165) is 15.6 Å². The van der Waals surface area contributed by atoms with Crippen LogP contribution in [0.4, 0.5) is 4.39 Å². The zero-order valence-corrected chi connectivity index (χ0v) is 20.9. The summed E-state index contributed by atoms with van der Waals surface area (Å²) in [7, 11) is -2.14. The van der Waals surface area contributed by atoms with E-state index in [9.17, 15) is 12.8 Å². The maximum Gasteiger partial charge on any atom is 0.238 e. The van der Waals surface area contributed by atoms with Crippen LogP contribution in [-0.4, -0.2) is 22.1 Å². The highest BCUT2D eigenvalue weighted by molar-refractivity contribution is 9.10. The molecule has 0 spiro atoms. The van der Waals surface area contributed by atoms with Gasteiger partial charge in [0.15, 0.2) is 11.5 Å². The molecule has 176 valence electrons. The molecule has 0 saturated heterocycles. The number of methoxy groups -OCH3 is 1. The molecule has 0 heterocycles. The van der Waals surface area contributed by atoms with Crippen LogP contribution in [0.2, 0.25) is 5.02 Å². The lowest BCUT2D eigenvalue weighted by Crippen LogP contribution is -2.18. The summed E-state index contributed by atoms with van der Waals surface area (Å²) in [6, 6.07) is 14.3. The lowest BCUT2D eigenvalue weighted by molar-refractivity contribution is 0.280. The first kappa shape index (κ1) is 25.5. The monoisotopic (exact) mass is 556 g/mol. The highest BCUT2D eigenvalue weighted by Gasteiger charge is 2.16. The van der Waals surface area contributed by atoms with Crippen LogP contribution in [0.15, 0.2) is 64.0 Å². The molecule has 0 amide bonds. The van der Waals surface area contributed by atoms with Crippen LogP contribution in [0.3, 0.4) is 0 Å². The lowest BCUT2D eigenvalue weighted by Gasteiger charge is -2.17. The van der Waals surface area contributed by atoms with Crippen molar-refractivity contribution in [3.05, 3.63) is 86.6 Å². The summed E-state index contributed by atoms with van der Waals surface area (Å²) in [5.74, 6) is 0.706. The fourth-order valence-corrected chi connectivity index (χ4v) is 4.34. The largest absolute Gasteiger partial charge is 0.493 e. The van der Waals surface area contributed by atoms with E-state index in [4.69, 9.17) is 26.2 Å². The van der Waals surface area contributed by atoms with E-state index in [1.807, 2.05) is 6.07 Å². The highest BCUT2D eigenvalue weighted by Crippen LogP contribution is 2.37. The topological polar surface area (TPSA) is 90.6 Å². The van der Waals surface area contributed by atoms with E-state index in [0.29, 0.717) is 36.6 Å². The van der Waals surface area contributed by atoms with Gasteiger partial charge in [0.1, 0.15) is 12.4 Å². The highest BCUT2D eigenvalue weighted by atomic mass is 79.9. The van der Waals surface area contributed by atoms with Crippen LogP contribution < -0.4 is 19.9 Å². The Kier molecular flexibility index (Phi) is 8.72. The Bertz CT molecular complexity index is 1220. The molecule has 0 unspecified atom stereocenters. The smallest absolute Gasteiger partial charge is 0.238 e. The van der Waals surface area contributed by atoms with Crippen molar-refractivity contribution in [3.8, 4) is 11.5 Å². The minimum atomic E-state index is -3.70. The van der Waals surface area contributed by atoms with Crippen LogP contribution in [-0.2, 0) is 29.6 Å². The van der Waals surface area contributed by atoms with Gasteiger partial charge < -0.3 is 14.8 Å². The molecule has 0 aromatic heterocycles. The number of primary sulfonamides is 1. The predicted molar refractivity (Wildman–Crippen MR) is 130 cm³/mol. The van der Waals surface area contributed by atoms with Crippen molar-refractivity contribution in [2.75, 3.05) is 13.7 Å². The van der Waals surface area contributed by atoms with E-state index in [1.54, 1.807) is 31.4 Å². The zero-order chi connectivity index (χ0) is 24.0. The molecule has 3 N–H and O–H groups in total. The molecule has 0 bridgehead atoms. The standard InChI is InChI=1S/C23H23BrClFN2O4S/c1-31-22-9-8-20(24)19(23(22)32-14-16-4-5-17(26)12-21(16)25)13-28-11-10-15-2-6-18(7-3-15)33(27,29)30/h2-9,12,28H,10-11,13-14H2,1H3,(H2,27,29,30). The number of nitrogens with two attached hydrogens (primary N) is 1. The first-order valence-electron chi connectivity index (χ1n) is 9.93. The molecule has 0 fully saturated rings. The fourth-order valence-electron chi connectivity index (χ4n) is 3.15. The van der Waals surface area contributed by atoms with Gasteiger partial charge in [-0.05, 0) is 54.9 Å². The van der Waals surface area contributed by atoms with Crippen molar-refractivity contribution in [1.82, 2.24) is 5.32 Å². The maximum absolute atomic E-state index is 13.3. The normalized spacial score (nSPS) is 11.4. The van der Waals surface area contributed by atoms with Gasteiger partial charge in [-0.15, -0.1) is 0 Å². The average Bonchev–Trinajstić information content (AvgIpc) is 2.77. The zero-order valence-electron chi connectivity index (χ0n) is 17.8. The SMILES string of the molecule is COc1ccc(Br)c(CNCCc2ccc(S(N)(=O)=O)cc2)c1OCc1ccc(F)cc1Cl. The number of benzene rings is 3. The van der Waals surface area contributed by atoms with E-state index < -0.39 is 15.8 Å². The van der Waals surface area contributed by atoms with Gasteiger partial charge in [0.2, 0.25) is 10.0 Å². The van der Waals surface area contributed by atoms with Crippen molar-refractivity contribution in [2.24, 2.45) is 5.14 Å². The molecule has 0 radical (unpaired) electrons. The van der Waals surface area contributed by atoms with E-state index in [1.165, 1.54) is 24.3 Å². The Morgan fingerprint density at radius 1 is 1.12 bits per heavy atom. The molecular weight excluding hydrogens is 535 g/mol. The molecule has 0 aliphatic carbocycles. The Morgan fingerprint density at radius 3 is 2.48 bits per heavy atom. The number of rotatable bonds is 10. The van der Waals surface area contributed by atoms with Crippen LogP contribution in [0.5, 0.6) is 11.5 Å². The number of hydrogen-bond acceptors (Lipinski definition) is 5. The summed E-state index contributed by atoms with van der Waals surface area (Å²) in [6.07, 6.45) is 0.688. The molecule has 0 atom stereocenters. The Balaban J connectivity index is 1.67. The van der Waals surface area contributed by atoms with Gasteiger partial charge in [0.05, 0.1) is 17.0 Å². The summed E-state index contributed by atoms with van der Waals surface area (Å²) >= 11 is 9.69. The third kappa shape index (κ3) is 6.91. The van der Waals surface area contributed by atoms with Gasteiger partial charge in [-0.2, -0.15) is 0 Å². The maximum atomic E-state index is 13.3. The second-order valence-electron chi connectivity index (χ2n) is 7.20. The van der Waals surface area contributed by atoms with Crippen LogP contribution in [0.1, 0.15) is 16.7 Å². The van der Waals surface area contributed by atoms with E-state index in [2.05, 4.69) is 21.2 Å². The molecule has 0 saturated carbocycles. The molecule has 33 heavy (non-hydrogen) atoms. The molecule has 3 aromatic rings. The van der Waals surface area contributed by atoms with Crippen molar-refractivity contribution in [3.63, 3.8) is 0 Å². The minimum absolute atomic E-state index is 0.0857. The number of nitrogens with one attached hydrogen (secondary N) is 1. The van der Waals surface area contributed by atoms with Gasteiger partial charge in [0.25, 0.3) is 0 Å². The average molecular weight is 558 g/mol. The van der Waals surface area contributed by atoms with Crippen molar-refractivity contribution in [1.29, 1.82) is 0 Å². The van der Waals surface area contributed by atoms with Gasteiger partial charge in [-0.25, -0.2) is 17.9 Å². The molecule has 0 aliphatic heterocycles. The summed E-state index contributed by atoms with van der Waals surface area (Å²) < 4.78 is 48.4. The molecule has 3 aromatic carbocycles. The van der Waals surface area contributed by atoms with Gasteiger partial charge in [0, 0.05) is 22.1 Å². The Hall–Kier alpha value is -2.17. The Morgan fingerprint density at radius 2 is 1.85 bits per heavy atom. The van der Waals surface area contributed by atoms with Crippen LogP contribution in [0, 0.1) is 5.82 Å². The molecule has 6 nitrogen and oxygen atoms in total. The minimum Gasteiger partial charge on any atom is -0.493 e. The molecular formula is C23H23BrClFN2O4S. The van der Waals surface area contributed by atoms with Gasteiger partial charge in [-0.1, -0.05) is 45.7 Å². The van der Waals surface area contributed by atoms with Crippen LogP contribution >= 0.6 is 27.5 Å². The fraction of sp³-hybridized carbons (Fsp3) is 0.217. The molecule has 0 aliphatic rings. The first-order valence-corrected chi connectivity index (χ1v) is 12.7. The summed E-state index contributed by atoms with van der Waals surface area (Å²) in [4.78, 5) is 0.0857. The quantitative estimate of drug-likeness (QED) is 0.349. The van der Waals surface area contributed by atoms with Crippen molar-refractivity contribution < 1.29 is 22.3 Å². The third-order valence-corrected chi connectivity index (χ3v) is 6.94. The Labute approximate surface area is 206 Å². The first-order chi connectivity index (χ1) is 15.7.